The fraction of sp³-hybridized carbons (Fsp3) is 0.714. The van der Waals surface area contributed by atoms with Crippen LogP contribution in [0.15, 0.2) is 16.7 Å². The summed E-state index contributed by atoms with van der Waals surface area (Å²) in [5, 5.41) is 3.31. The molecular formula is C14H26N2O. The Morgan fingerprint density at radius 1 is 1.35 bits per heavy atom. The first-order chi connectivity index (χ1) is 8.22. The van der Waals surface area contributed by atoms with Gasteiger partial charge in [0.1, 0.15) is 5.76 Å². The summed E-state index contributed by atoms with van der Waals surface area (Å²) in [5.74, 6) is 1.08. The summed E-state index contributed by atoms with van der Waals surface area (Å²) in [7, 11) is 0. The van der Waals surface area contributed by atoms with Gasteiger partial charge in [-0.25, -0.2) is 0 Å². The average molecular weight is 238 g/mol. The molecule has 1 unspecified atom stereocenters. The highest BCUT2D eigenvalue weighted by atomic mass is 16.3. The maximum absolute atomic E-state index is 5.54. The van der Waals surface area contributed by atoms with Gasteiger partial charge >= 0.3 is 0 Å². The molecule has 0 aliphatic rings. The molecular weight excluding hydrogens is 212 g/mol. The van der Waals surface area contributed by atoms with Crippen molar-refractivity contribution >= 4 is 0 Å². The summed E-state index contributed by atoms with van der Waals surface area (Å²) >= 11 is 0. The molecule has 0 fully saturated rings. The van der Waals surface area contributed by atoms with E-state index < -0.39 is 0 Å². The van der Waals surface area contributed by atoms with Gasteiger partial charge in [-0.2, -0.15) is 0 Å². The first kappa shape index (κ1) is 14.3. The van der Waals surface area contributed by atoms with Crippen molar-refractivity contribution in [3.63, 3.8) is 0 Å². The normalized spacial score (nSPS) is 13.2. The third kappa shape index (κ3) is 4.17. The van der Waals surface area contributed by atoms with Crippen LogP contribution in [0.4, 0.5) is 0 Å². The molecule has 0 aliphatic heterocycles. The Labute approximate surface area is 105 Å². The van der Waals surface area contributed by atoms with Gasteiger partial charge < -0.3 is 9.73 Å². The molecule has 1 aromatic heterocycles. The molecule has 98 valence electrons. The zero-order valence-electron chi connectivity index (χ0n) is 11.6. The van der Waals surface area contributed by atoms with Crippen molar-refractivity contribution in [2.45, 2.75) is 53.2 Å². The van der Waals surface area contributed by atoms with Crippen LogP contribution in [-0.4, -0.2) is 24.0 Å². The lowest BCUT2D eigenvalue weighted by molar-refractivity contribution is 0.204. The summed E-state index contributed by atoms with van der Waals surface area (Å²) in [6.45, 7) is 12.7. The minimum Gasteiger partial charge on any atom is -0.468 e. The van der Waals surface area contributed by atoms with Gasteiger partial charge in [0.05, 0.1) is 12.8 Å². The number of hydrogen-bond donors (Lipinski definition) is 1. The first-order valence-corrected chi connectivity index (χ1v) is 6.72. The van der Waals surface area contributed by atoms with Crippen LogP contribution in [0, 0.1) is 0 Å². The monoisotopic (exact) mass is 238 g/mol. The molecule has 0 saturated carbocycles. The van der Waals surface area contributed by atoms with Gasteiger partial charge in [-0.3, -0.25) is 4.90 Å². The molecule has 0 bridgehead atoms. The molecule has 1 N–H and O–H groups in total. The van der Waals surface area contributed by atoms with Crippen molar-refractivity contribution in [1.29, 1.82) is 0 Å². The van der Waals surface area contributed by atoms with Crippen LogP contribution in [0.2, 0.25) is 0 Å². The molecule has 0 aliphatic carbocycles. The van der Waals surface area contributed by atoms with Gasteiger partial charge in [0, 0.05) is 18.2 Å². The second kappa shape index (κ2) is 7.51. The predicted octanol–water partition coefficient (Wildman–Crippen LogP) is 3.01. The molecule has 3 heteroatoms. The Balaban J connectivity index is 2.62. The molecule has 1 rings (SSSR count). The van der Waals surface area contributed by atoms with E-state index in [1.165, 1.54) is 12.0 Å². The lowest BCUT2D eigenvalue weighted by atomic mass is 10.1. The van der Waals surface area contributed by atoms with E-state index in [9.17, 15) is 0 Å². The fourth-order valence-corrected chi connectivity index (χ4v) is 1.96. The van der Waals surface area contributed by atoms with E-state index >= 15 is 0 Å². The summed E-state index contributed by atoms with van der Waals surface area (Å²) < 4.78 is 5.54. The third-order valence-electron chi connectivity index (χ3n) is 3.37. The van der Waals surface area contributed by atoms with Crippen molar-refractivity contribution in [3.8, 4) is 0 Å². The minimum absolute atomic E-state index is 0.627. The highest BCUT2D eigenvalue weighted by Gasteiger charge is 2.14. The van der Waals surface area contributed by atoms with Crippen molar-refractivity contribution in [2.24, 2.45) is 0 Å². The average Bonchev–Trinajstić information content (AvgIpc) is 2.79. The van der Waals surface area contributed by atoms with Crippen molar-refractivity contribution in [1.82, 2.24) is 10.2 Å². The van der Waals surface area contributed by atoms with E-state index in [0.29, 0.717) is 6.04 Å². The van der Waals surface area contributed by atoms with E-state index in [-0.39, 0.29) is 0 Å². The van der Waals surface area contributed by atoms with Crippen LogP contribution in [0.3, 0.4) is 0 Å². The summed E-state index contributed by atoms with van der Waals surface area (Å²) in [4.78, 5) is 2.49. The predicted molar refractivity (Wildman–Crippen MR) is 71.9 cm³/mol. The Morgan fingerprint density at radius 3 is 2.71 bits per heavy atom. The van der Waals surface area contributed by atoms with Crippen LogP contribution in [0.5, 0.6) is 0 Å². The first-order valence-electron chi connectivity index (χ1n) is 6.72. The van der Waals surface area contributed by atoms with E-state index in [0.717, 1.165) is 31.9 Å². The SMILES string of the molecule is CCNCc1occc1CN(CC)C(C)CC. The van der Waals surface area contributed by atoms with Crippen LogP contribution in [0.25, 0.3) is 0 Å². The van der Waals surface area contributed by atoms with Gasteiger partial charge in [0.15, 0.2) is 0 Å². The van der Waals surface area contributed by atoms with Gasteiger partial charge in [-0.1, -0.05) is 20.8 Å². The quantitative estimate of drug-likeness (QED) is 0.754. The summed E-state index contributed by atoms with van der Waals surface area (Å²) in [6, 6.07) is 2.72. The molecule has 1 heterocycles. The van der Waals surface area contributed by atoms with Gasteiger partial charge in [-0.15, -0.1) is 0 Å². The molecule has 1 aromatic rings. The van der Waals surface area contributed by atoms with Crippen molar-refractivity contribution in [2.75, 3.05) is 13.1 Å². The number of rotatable bonds is 8. The number of nitrogens with zero attached hydrogens (tertiary/aromatic N) is 1. The number of hydrogen-bond acceptors (Lipinski definition) is 3. The number of furan rings is 1. The zero-order valence-corrected chi connectivity index (χ0v) is 11.6. The molecule has 1 atom stereocenters. The standard InChI is InChI=1S/C14H26N2O/c1-5-12(4)16(7-3)11-13-8-9-17-14(13)10-15-6-2/h8-9,12,15H,5-7,10-11H2,1-4H3. The second-order valence-corrected chi connectivity index (χ2v) is 4.47. The Hall–Kier alpha value is -0.800. The summed E-state index contributed by atoms with van der Waals surface area (Å²) in [6.07, 6.45) is 2.99. The topological polar surface area (TPSA) is 28.4 Å². The maximum Gasteiger partial charge on any atom is 0.122 e. The largest absolute Gasteiger partial charge is 0.468 e. The van der Waals surface area contributed by atoms with Crippen LogP contribution < -0.4 is 5.32 Å². The molecule has 17 heavy (non-hydrogen) atoms. The van der Waals surface area contributed by atoms with E-state index in [2.05, 4.69) is 44.0 Å². The summed E-state index contributed by atoms with van der Waals surface area (Å²) in [5.41, 5.74) is 1.31. The molecule has 3 nitrogen and oxygen atoms in total. The minimum atomic E-state index is 0.627. The Morgan fingerprint density at radius 2 is 2.12 bits per heavy atom. The van der Waals surface area contributed by atoms with Gasteiger partial charge in [0.25, 0.3) is 0 Å². The lowest BCUT2D eigenvalue weighted by Crippen LogP contribution is -2.32. The number of nitrogens with one attached hydrogen (secondary N) is 1. The highest BCUT2D eigenvalue weighted by molar-refractivity contribution is 5.17. The third-order valence-corrected chi connectivity index (χ3v) is 3.37. The second-order valence-electron chi connectivity index (χ2n) is 4.47. The lowest BCUT2D eigenvalue weighted by Gasteiger charge is -2.26. The molecule has 0 amide bonds. The Bertz CT molecular complexity index is 309. The van der Waals surface area contributed by atoms with E-state index in [4.69, 9.17) is 4.42 Å². The van der Waals surface area contributed by atoms with E-state index in [1.807, 2.05) is 0 Å². The van der Waals surface area contributed by atoms with Gasteiger partial charge in [0.2, 0.25) is 0 Å². The molecule has 0 spiro atoms. The molecule has 0 radical (unpaired) electrons. The van der Waals surface area contributed by atoms with Crippen LogP contribution in [0.1, 0.15) is 45.4 Å². The maximum atomic E-state index is 5.54. The highest BCUT2D eigenvalue weighted by Crippen LogP contribution is 2.15. The fourth-order valence-electron chi connectivity index (χ4n) is 1.96. The van der Waals surface area contributed by atoms with Crippen molar-refractivity contribution in [3.05, 3.63) is 23.7 Å². The smallest absolute Gasteiger partial charge is 0.122 e. The van der Waals surface area contributed by atoms with Crippen LogP contribution >= 0.6 is 0 Å². The van der Waals surface area contributed by atoms with E-state index in [1.54, 1.807) is 6.26 Å². The molecule has 0 aromatic carbocycles. The zero-order chi connectivity index (χ0) is 12.7. The van der Waals surface area contributed by atoms with Crippen molar-refractivity contribution < 1.29 is 4.42 Å². The molecule has 0 saturated heterocycles. The Kier molecular flexibility index (Phi) is 6.30. The van der Waals surface area contributed by atoms with Crippen LogP contribution in [-0.2, 0) is 13.1 Å². The van der Waals surface area contributed by atoms with Gasteiger partial charge in [-0.05, 0) is 32.5 Å².